The number of nitrogens with one attached hydrogen (secondary N) is 1. The van der Waals surface area contributed by atoms with Crippen molar-refractivity contribution in [3.8, 4) is 0 Å². The van der Waals surface area contributed by atoms with Crippen molar-refractivity contribution >= 4 is 6.03 Å². The number of carbonyl (C=O) groups excluding carboxylic acids is 1. The third kappa shape index (κ3) is 4.25. The molecular weight excluding hydrogens is 301 g/mol. The van der Waals surface area contributed by atoms with Gasteiger partial charge in [-0.1, -0.05) is 12.8 Å². The number of amides is 2. The highest BCUT2D eigenvalue weighted by Gasteiger charge is 2.47. The second-order valence-electron chi connectivity index (χ2n) is 6.17. The van der Waals surface area contributed by atoms with Crippen molar-refractivity contribution in [1.82, 2.24) is 10.2 Å². The van der Waals surface area contributed by atoms with Gasteiger partial charge in [0.2, 0.25) is 0 Å². The number of halogens is 3. The van der Waals surface area contributed by atoms with Gasteiger partial charge < -0.3 is 20.1 Å². The molecule has 1 saturated heterocycles. The predicted octanol–water partition coefficient (Wildman–Crippen LogP) is 1.90. The van der Waals surface area contributed by atoms with Gasteiger partial charge >= 0.3 is 12.2 Å². The van der Waals surface area contributed by atoms with Gasteiger partial charge in [0.25, 0.3) is 0 Å². The lowest BCUT2D eigenvalue weighted by molar-refractivity contribution is -0.165. The average Bonchev–Trinajstić information content (AvgIpc) is 2.96. The molecule has 3 atom stereocenters. The van der Waals surface area contributed by atoms with Crippen LogP contribution in [0.15, 0.2) is 0 Å². The molecule has 2 N–H and O–H groups in total. The molecule has 0 aromatic carbocycles. The highest BCUT2D eigenvalue weighted by molar-refractivity contribution is 5.74. The maximum atomic E-state index is 13.2. The van der Waals surface area contributed by atoms with Crippen LogP contribution < -0.4 is 5.32 Å². The summed E-state index contributed by atoms with van der Waals surface area (Å²) in [6, 6.07) is -2.53. The summed E-state index contributed by atoms with van der Waals surface area (Å²) >= 11 is 0. The van der Waals surface area contributed by atoms with Crippen molar-refractivity contribution in [1.29, 1.82) is 0 Å². The molecule has 0 radical (unpaired) electrons. The summed E-state index contributed by atoms with van der Waals surface area (Å²) in [5.41, 5.74) is 0. The summed E-state index contributed by atoms with van der Waals surface area (Å²) in [7, 11) is 0. The van der Waals surface area contributed by atoms with Crippen LogP contribution in [-0.4, -0.2) is 60.2 Å². The van der Waals surface area contributed by atoms with Crippen molar-refractivity contribution in [2.75, 3.05) is 19.7 Å². The Morgan fingerprint density at radius 2 is 2.00 bits per heavy atom. The first-order chi connectivity index (χ1) is 10.3. The van der Waals surface area contributed by atoms with E-state index in [-0.39, 0.29) is 25.8 Å². The van der Waals surface area contributed by atoms with Gasteiger partial charge in [0.15, 0.2) is 0 Å². The van der Waals surface area contributed by atoms with E-state index in [2.05, 4.69) is 5.32 Å². The van der Waals surface area contributed by atoms with Crippen LogP contribution in [0.3, 0.4) is 0 Å². The number of alkyl halides is 3. The Kier molecular flexibility index (Phi) is 5.55. The van der Waals surface area contributed by atoms with Crippen LogP contribution in [0.25, 0.3) is 0 Å². The monoisotopic (exact) mass is 324 g/mol. The van der Waals surface area contributed by atoms with E-state index in [0.717, 1.165) is 12.8 Å². The number of rotatable bonds is 3. The molecule has 8 heteroatoms. The standard InChI is InChI=1S/C14H23F3N2O3/c1-9-6-19(7-11(8-20)22-9)13(21)18-12(14(15,16)17)10-4-2-3-5-10/h9-12,20H,2-8H2,1H3,(H,18,21)/t9-,11+,12+/m1/s1. The number of hydrogen-bond donors (Lipinski definition) is 2. The zero-order chi connectivity index (χ0) is 16.3. The first-order valence-electron chi connectivity index (χ1n) is 7.69. The lowest BCUT2D eigenvalue weighted by Gasteiger charge is -2.37. The SMILES string of the molecule is C[C@@H]1CN(C(=O)N[C@@H](C2CCCC2)C(F)(F)F)C[C@@H](CO)O1. The summed E-state index contributed by atoms with van der Waals surface area (Å²) in [6.07, 6.45) is -2.79. The fraction of sp³-hybridized carbons (Fsp3) is 0.929. The minimum absolute atomic E-state index is 0.0991. The summed E-state index contributed by atoms with van der Waals surface area (Å²) in [5, 5.41) is 11.3. The molecule has 2 rings (SSSR count). The van der Waals surface area contributed by atoms with E-state index >= 15 is 0 Å². The summed E-state index contributed by atoms with van der Waals surface area (Å²) < 4.78 is 45.1. The largest absolute Gasteiger partial charge is 0.408 e. The molecule has 0 aromatic rings. The van der Waals surface area contributed by atoms with Gasteiger partial charge in [0, 0.05) is 6.54 Å². The second kappa shape index (κ2) is 7.04. The molecule has 0 bridgehead atoms. The predicted molar refractivity (Wildman–Crippen MR) is 73.3 cm³/mol. The molecule has 0 spiro atoms. The van der Waals surface area contributed by atoms with Crippen LogP contribution in [-0.2, 0) is 4.74 Å². The zero-order valence-electron chi connectivity index (χ0n) is 12.6. The number of carbonyl (C=O) groups is 1. The molecule has 2 fully saturated rings. The third-order valence-electron chi connectivity index (χ3n) is 4.32. The Balaban J connectivity index is 2.01. The van der Waals surface area contributed by atoms with E-state index in [1.807, 2.05) is 0 Å². The van der Waals surface area contributed by atoms with Gasteiger partial charge in [-0.25, -0.2) is 4.79 Å². The van der Waals surface area contributed by atoms with Crippen molar-refractivity contribution in [3.05, 3.63) is 0 Å². The summed E-state index contributed by atoms with van der Waals surface area (Å²) in [6.45, 7) is 1.78. The van der Waals surface area contributed by atoms with E-state index in [9.17, 15) is 18.0 Å². The number of nitrogens with zero attached hydrogens (tertiary/aromatic N) is 1. The Labute approximate surface area is 127 Å². The van der Waals surface area contributed by atoms with Crippen LogP contribution in [0, 0.1) is 5.92 Å². The molecule has 1 saturated carbocycles. The Morgan fingerprint density at radius 1 is 1.36 bits per heavy atom. The van der Waals surface area contributed by atoms with Gasteiger partial charge in [0.05, 0.1) is 25.4 Å². The molecule has 2 amide bonds. The van der Waals surface area contributed by atoms with Crippen molar-refractivity contribution in [2.24, 2.45) is 5.92 Å². The summed E-state index contributed by atoms with van der Waals surface area (Å²) in [4.78, 5) is 13.5. The first-order valence-corrected chi connectivity index (χ1v) is 7.69. The first kappa shape index (κ1) is 17.3. The van der Waals surface area contributed by atoms with Gasteiger partial charge in [-0.3, -0.25) is 0 Å². The average molecular weight is 324 g/mol. The molecule has 0 aromatic heterocycles. The van der Waals surface area contributed by atoms with E-state index in [1.165, 1.54) is 4.90 Å². The highest BCUT2D eigenvalue weighted by atomic mass is 19.4. The fourth-order valence-electron chi connectivity index (χ4n) is 3.29. The molecule has 1 aliphatic heterocycles. The number of hydrogen-bond acceptors (Lipinski definition) is 3. The molecule has 2 aliphatic rings. The zero-order valence-corrected chi connectivity index (χ0v) is 12.6. The lowest BCUT2D eigenvalue weighted by atomic mass is 9.98. The molecule has 5 nitrogen and oxygen atoms in total. The molecule has 22 heavy (non-hydrogen) atoms. The van der Waals surface area contributed by atoms with Crippen LogP contribution in [0.5, 0.6) is 0 Å². The van der Waals surface area contributed by atoms with E-state index in [4.69, 9.17) is 9.84 Å². The maximum absolute atomic E-state index is 13.2. The van der Waals surface area contributed by atoms with E-state index in [0.29, 0.717) is 12.8 Å². The molecule has 0 unspecified atom stereocenters. The second-order valence-corrected chi connectivity index (χ2v) is 6.17. The maximum Gasteiger partial charge on any atom is 0.408 e. The smallest absolute Gasteiger partial charge is 0.394 e. The third-order valence-corrected chi connectivity index (χ3v) is 4.32. The van der Waals surface area contributed by atoms with Crippen molar-refractivity contribution in [2.45, 2.75) is 57.0 Å². The van der Waals surface area contributed by atoms with Crippen LogP contribution in [0.1, 0.15) is 32.6 Å². The number of ether oxygens (including phenoxy) is 1. The number of aliphatic hydroxyl groups excluding tert-OH is 1. The van der Waals surface area contributed by atoms with Gasteiger partial charge in [-0.15, -0.1) is 0 Å². The van der Waals surface area contributed by atoms with Crippen LogP contribution >= 0.6 is 0 Å². The molecule has 1 aliphatic carbocycles. The van der Waals surface area contributed by atoms with E-state index < -0.39 is 30.3 Å². The fourth-order valence-corrected chi connectivity index (χ4v) is 3.29. The van der Waals surface area contributed by atoms with Crippen LogP contribution in [0.4, 0.5) is 18.0 Å². The minimum Gasteiger partial charge on any atom is -0.394 e. The number of morpholine rings is 1. The molecule has 128 valence electrons. The topological polar surface area (TPSA) is 61.8 Å². The van der Waals surface area contributed by atoms with Gasteiger partial charge in [0.1, 0.15) is 6.04 Å². The van der Waals surface area contributed by atoms with Crippen molar-refractivity contribution in [3.63, 3.8) is 0 Å². The minimum atomic E-state index is -4.45. The van der Waals surface area contributed by atoms with Crippen LogP contribution in [0.2, 0.25) is 0 Å². The quantitative estimate of drug-likeness (QED) is 0.833. The number of urea groups is 1. The lowest BCUT2D eigenvalue weighted by Crippen LogP contribution is -2.58. The van der Waals surface area contributed by atoms with Crippen molar-refractivity contribution < 1.29 is 27.8 Å². The summed E-state index contributed by atoms with van der Waals surface area (Å²) in [5.74, 6) is -0.545. The number of aliphatic hydroxyl groups is 1. The van der Waals surface area contributed by atoms with Gasteiger partial charge in [-0.05, 0) is 25.7 Å². The van der Waals surface area contributed by atoms with Gasteiger partial charge in [-0.2, -0.15) is 13.2 Å². The highest BCUT2D eigenvalue weighted by Crippen LogP contribution is 2.35. The Morgan fingerprint density at radius 3 is 2.55 bits per heavy atom. The molecular formula is C14H23F3N2O3. The van der Waals surface area contributed by atoms with E-state index in [1.54, 1.807) is 6.92 Å². The Bertz CT molecular complexity index is 386. The molecule has 1 heterocycles. The normalized spacial score (nSPS) is 28.7. The Hall–Kier alpha value is -1.02.